The Morgan fingerprint density at radius 2 is 2.06 bits per heavy atom. The molecule has 0 heterocycles. The van der Waals surface area contributed by atoms with Gasteiger partial charge in [-0.25, -0.2) is 0 Å². The van der Waals surface area contributed by atoms with Gasteiger partial charge in [-0.2, -0.15) is 0 Å². The molecule has 0 radical (unpaired) electrons. The first-order valence-electron chi connectivity index (χ1n) is 4.85. The van der Waals surface area contributed by atoms with E-state index >= 15 is 0 Å². The third-order valence-electron chi connectivity index (χ3n) is 2.51. The van der Waals surface area contributed by atoms with Crippen LogP contribution in [-0.4, -0.2) is 39.8 Å². The average Bonchev–Trinajstić information content (AvgIpc) is 2.15. The summed E-state index contributed by atoms with van der Waals surface area (Å²) in [5, 5.41) is 27.4. The van der Waals surface area contributed by atoms with Crippen LogP contribution in [0.4, 0.5) is 0 Å². The molecule has 0 spiro atoms. The van der Waals surface area contributed by atoms with Crippen molar-refractivity contribution in [2.75, 3.05) is 13.6 Å². The van der Waals surface area contributed by atoms with Gasteiger partial charge in [0, 0.05) is 17.7 Å². The Hall–Kier alpha value is -1.75. The number of carboxylic acids is 1. The molecule has 0 amide bonds. The largest absolute Gasteiger partial charge is 0.508 e. The summed E-state index contributed by atoms with van der Waals surface area (Å²) in [4.78, 5) is 12.1. The number of benzene rings is 1. The molecule has 88 valence electrons. The van der Waals surface area contributed by atoms with Gasteiger partial charge in [0.15, 0.2) is 0 Å². The number of rotatable bonds is 4. The van der Waals surface area contributed by atoms with Crippen molar-refractivity contribution >= 4 is 5.97 Å². The molecule has 0 bridgehead atoms. The Labute approximate surface area is 93.6 Å². The standard InChI is InChI=1S/C11H15NO4/c1-7(12(2)6-11(15)16)9-4-3-8(13)5-10(9)14/h3-5,7,13-14H,6H2,1-2H3,(H,15,16). The van der Waals surface area contributed by atoms with Gasteiger partial charge in [-0.05, 0) is 20.0 Å². The minimum atomic E-state index is -0.924. The first-order chi connectivity index (χ1) is 7.41. The smallest absolute Gasteiger partial charge is 0.317 e. The molecule has 1 rings (SSSR count). The lowest BCUT2D eigenvalue weighted by atomic mass is 10.1. The van der Waals surface area contributed by atoms with Gasteiger partial charge in [0.1, 0.15) is 11.5 Å². The Balaban J connectivity index is 2.87. The lowest BCUT2D eigenvalue weighted by Crippen LogP contribution is -2.28. The minimum absolute atomic E-state index is 0.0191. The molecule has 5 nitrogen and oxygen atoms in total. The molecule has 0 saturated carbocycles. The highest BCUT2D eigenvalue weighted by atomic mass is 16.4. The van der Waals surface area contributed by atoms with Crippen molar-refractivity contribution in [3.8, 4) is 11.5 Å². The molecule has 0 aliphatic rings. The summed E-state index contributed by atoms with van der Waals surface area (Å²) in [7, 11) is 1.66. The Morgan fingerprint density at radius 3 is 2.56 bits per heavy atom. The van der Waals surface area contributed by atoms with E-state index in [2.05, 4.69) is 0 Å². The highest BCUT2D eigenvalue weighted by Crippen LogP contribution is 2.30. The molecule has 0 fully saturated rings. The number of carboxylic acid groups (broad SMARTS) is 1. The zero-order chi connectivity index (χ0) is 12.3. The number of likely N-dealkylation sites (N-methyl/N-ethyl adjacent to an activating group) is 1. The van der Waals surface area contributed by atoms with Gasteiger partial charge in [-0.1, -0.05) is 6.07 Å². The van der Waals surface area contributed by atoms with Gasteiger partial charge in [-0.15, -0.1) is 0 Å². The molecule has 1 aromatic carbocycles. The highest BCUT2D eigenvalue weighted by molar-refractivity contribution is 5.69. The molecular weight excluding hydrogens is 210 g/mol. The second-order valence-electron chi connectivity index (χ2n) is 3.73. The summed E-state index contributed by atoms with van der Waals surface area (Å²) in [6.07, 6.45) is 0. The number of aliphatic carboxylic acids is 1. The molecule has 16 heavy (non-hydrogen) atoms. The summed E-state index contributed by atoms with van der Waals surface area (Å²) in [5.74, 6) is -0.980. The fraction of sp³-hybridized carbons (Fsp3) is 0.364. The minimum Gasteiger partial charge on any atom is -0.508 e. The number of phenols is 2. The number of hydrogen-bond donors (Lipinski definition) is 3. The topological polar surface area (TPSA) is 81.0 Å². The maximum atomic E-state index is 10.5. The van der Waals surface area contributed by atoms with Crippen LogP contribution in [0.25, 0.3) is 0 Å². The van der Waals surface area contributed by atoms with Crippen molar-refractivity contribution in [3.05, 3.63) is 23.8 Å². The van der Waals surface area contributed by atoms with Gasteiger partial charge in [0.25, 0.3) is 0 Å². The maximum Gasteiger partial charge on any atom is 0.317 e. The van der Waals surface area contributed by atoms with Gasteiger partial charge in [0.05, 0.1) is 6.54 Å². The zero-order valence-corrected chi connectivity index (χ0v) is 9.21. The van der Waals surface area contributed by atoms with Crippen LogP contribution >= 0.6 is 0 Å². The predicted octanol–water partition coefficient (Wildman–Crippen LogP) is 1.18. The van der Waals surface area contributed by atoms with Crippen LogP contribution in [0.2, 0.25) is 0 Å². The van der Waals surface area contributed by atoms with Crippen LogP contribution in [0.1, 0.15) is 18.5 Å². The van der Waals surface area contributed by atoms with E-state index in [-0.39, 0.29) is 24.1 Å². The number of aromatic hydroxyl groups is 2. The number of phenolic OH excluding ortho intramolecular Hbond substituents is 2. The third-order valence-corrected chi connectivity index (χ3v) is 2.51. The van der Waals surface area contributed by atoms with E-state index < -0.39 is 5.97 Å². The van der Waals surface area contributed by atoms with E-state index in [0.29, 0.717) is 5.56 Å². The van der Waals surface area contributed by atoms with E-state index in [4.69, 9.17) is 10.2 Å². The quantitative estimate of drug-likeness (QED) is 0.716. The molecule has 3 N–H and O–H groups in total. The molecular formula is C11H15NO4. The highest BCUT2D eigenvalue weighted by Gasteiger charge is 2.17. The monoisotopic (exact) mass is 225 g/mol. The lowest BCUT2D eigenvalue weighted by molar-refractivity contribution is -0.138. The molecule has 1 unspecified atom stereocenters. The third kappa shape index (κ3) is 2.87. The van der Waals surface area contributed by atoms with Crippen LogP contribution in [0.5, 0.6) is 11.5 Å². The van der Waals surface area contributed by atoms with Gasteiger partial charge in [-0.3, -0.25) is 9.69 Å². The summed E-state index contributed by atoms with van der Waals surface area (Å²) in [6, 6.07) is 4.03. The zero-order valence-electron chi connectivity index (χ0n) is 9.21. The normalized spacial score (nSPS) is 12.7. The Kier molecular flexibility index (Phi) is 3.73. The van der Waals surface area contributed by atoms with E-state index in [1.807, 2.05) is 0 Å². The summed E-state index contributed by atoms with van der Waals surface area (Å²) in [5.41, 5.74) is 0.585. The number of nitrogens with zero attached hydrogens (tertiary/aromatic N) is 1. The maximum absolute atomic E-state index is 10.5. The van der Waals surface area contributed by atoms with E-state index in [0.717, 1.165) is 0 Å². The fourth-order valence-corrected chi connectivity index (χ4v) is 1.47. The summed E-state index contributed by atoms with van der Waals surface area (Å²) < 4.78 is 0. The lowest BCUT2D eigenvalue weighted by Gasteiger charge is -2.23. The second kappa shape index (κ2) is 4.85. The van der Waals surface area contributed by atoms with Crippen LogP contribution in [0.15, 0.2) is 18.2 Å². The number of hydrogen-bond acceptors (Lipinski definition) is 4. The first-order valence-corrected chi connectivity index (χ1v) is 4.85. The Bertz CT molecular complexity index is 392. The van der Waals surface area contributed by atoms with E-state index in [9.17, 15) is 9.90 Å². The molecule has 1 atom stereocenters. The van der Waals surface area contributed by atoms with Gasteiger partial charge >= 0.3 is 5.97 Å². The van der Waals surface area contributed by atoms with Crippen molar-refractivity contribution < 1.29 is 20.1 Å². The first kappa shape index (κ1) is 12.3. The fourth-order valence-electron chi connectivity index (χ4n) is 1.47. The van der Waals surface area contributed by atoms with Crippen LogP contribution in [0.3, 0.4) is 0 Å². The molecule has 0 aliphatic heterocycles. The summed E-state index contributed by atoms with van der Waals surface area (Å²) >= 11 is 0. The summed E-state index contributed by atoms with van der Waals surface area (Å²) in [6.45, 7) is 1.68. The molecule has 0 aliphatic carbocycles. The molecule has 5 heteroatoms. The van der Waals surface area contributed by atoms with Crippen molar-refractivity contribution in [2.24, 2.45) is 0 Å². The van der Waals surface area contributed by atoms with Crippen LogP contribution in [0, 0.1) is 0 Å². The van der Waals surface area contributed by atoms with Crippen molar-refractivity contribution in [2.45, 2.75) is 13.0 Å². The SMILES string of the molecule is CC(c1ccc(O)cc1O)N(C)CC(=O)O. The predicted molar refractivity (Wildman–Crippen MR) is 58.5 cm³/mol. The van der Waals surface area contributed by atoms with Gasteiger partial charge in [0.2, 0.25) is 0 Å². The van der Waals surface area contributed by atoms with E-state index in [1.165, 1.54) is 12.1 Å². The molecule has 0 aromatic heterocycles. The average molecular weight is 225 g/mol. The van der Waals surface area contributed by atoms with Crippen LogP contribution in [-0.2, 0) is 4.79 Å². The number of carbonyl (C=O) groups is 1. The second-order valence-corrected chi connectivity index (χ2v) is 3.73. The van der Waals surface area contributed by atoms with Crippen LogP contribution < -0.4 is 0 Å². The Morgan fingerprint density at radius 1 is 1.44 bits per heavy atom. The van der Waals surface area contributed by atoms with Crippen molar-refractivity contribution in [3.63, 3.8) is 0 Å². The van der Waals surface area contributed by atoms with Crippen molar-refractivity contribution in [1.29, 1.82) is 0 Å². The molecule has 0 saturated heterocycles. The van der Waals surface area contributed by atoms with Gasteiger partial charge < -0.3 is 15.3 Å². The van der Waals surface area contributed by atoms with Crippen molar-refractivity contribution in [1.82, 2.24) is 4.90 Å². The molecule has 1 aromatic rings. The van der Waals surface area contributed by atoms with E-state index in [1.54, 1.807) is 24.9 Å².